The maximum Gasteiger partial charge on any atom is 0.412 e. The van der Waals surface area contributed by atoms with E-state index in [0.29, 0.717) is 19.5 Å². The van der Waals surface area contributed by atoms with Crippen molar-refractivity contribution in [3.8, 4) is 0 Å². The quantitative estimate of drug-likeness (QED) is 0.778. The number of hydrogen-bond donors (Lipinski definition) is 0. The molecule has 2 atom stereocenters. The Kier molecular flexibility index (Phi) is 5.24. The summed E-state index contributed by atoms with van der Waals surface area (Å²) >= 11 is 0. The van der Waals surface area contributed by atoms with E-state index in [1.165, 1.54) is 7.11 Å². The van der Waals surface area contributed by atoms with Crippen LogP contribution in [0.25, 0.3) is 0 Å². The summed E-state index contributed by atoms with van der Waals surface area (Å²) in [5.74, 6) is -0.353. The van der Waals surface area contributed by atoms with Gasteiger partial charge in [-0.1, -0.05) is 30.3 Å². The van der Waals surface area contributed by atoms with E-state index >= 15 is 0 Å². The minimum absolute atomic E-state index is 0.231. The molecule has 1 aromatic rings. The number of hydroxylamine groups is 2. The third-order valence-electron chi connectivity index (χ3n) is 4.85. The highest BCUT2D eigenvalue weighted by molar-refractivity contribution is 5.75. The van der Waals surface area contributed by atoms with Gasteiger partial charge in [-0.05, 0) is 25.3 Å². The monoisotopic (exact) mass is 348 g/mol. The lowest BCUT2D eigenvalue weighted by Crippen LogP contribution is -2.49. The first kappa shape index (κ1) is 17.7. The molecular formula is C18H24N2O5. The number of ether oxygens (including phenoxy) is 2. The Bertz CT molecular complexity index is 623. The maximum absolute atomic E-state index is 12.6. The highest BCUT2D eigenvalue weighted by Crippen LogP contribution is 2.40. The molecule has 2 heterocycles. The van der Waals surface area contributed by atoms with Gasteiger partial charge in [0, 0.05) is 19.5 Å². The molecule has 2 saturated heterocycles. The molecule has 7 nitrogen and oxygen atoms in total. The van der Waals surface area contributed by atoms with Gasteiger partial charge in [0.05, 0.1) is 7.11 Å². The summed E-state index contributed by atoms with van der Waals surface area (Å²) in [6.45, 7) is 3.12. The third-order valence-corrected chi connectivity index (χ3v) is 4.85. The molecule has 136 valence electrons. The van der Waals surface area contributed by atoms with Crippen molar-refractivity contribution in [2.24, 2.45) is 0 Å². The molecule has 2 fully saturated rings. The van der Waals surface area contributed by atoms with Gasteiger partial charge in [-0.2, -0.15) is 5.06 Å². The van der Waals surface area contributed by atoms with Gasteiger partial charge in [0.2, 0.25) is 0 Å². The van der Waals surface area contributed by atoms with Gasteiger partial charge in [-0.25, -0.2) is 4.79 Å². The Morgan fingerprint density at radius 3 is 2.72 bits per heavy atom. The van der Waals surface area contributed by atoms with Crippen LogP contribution >= 0.6 is 0 Å². The number of carbonyl (C=O) groups excluding carboxylic acids is 2. The smallest absolute Gasteiger partial charge is 0.412 e. The molecule has 0 saturated carbocycles. The van der Waals surface area contributed by atoms with E-state index in [9.17, 15) is 9.59 Å². The molecule has 0 aromatic heterocycles. The van der Waals surface area contributed by atoms with E-state index < -0.39 is 11.8 Å². The van der Waals surface area contributed by atoms with E-state index in [0.717, 1.165) is 18.4 Å². The zero-order valence-corrected chi connectivity index (χ0v) is 14.6. The lowest BCUT2D eigenvalue weighted by Gasteiger charge is -2.34. The van der Waals surface area contributed by atoms with Gasteiger partial charge in [-0.3, -0.25) is 14.5 Å². The average Bonchev–Trinajstić information content (AvgIpc) is 3.26. The van der Waals surface area contributed by atoms with Gasteiger partial charge < -0.3 is 9.47 Å². The molecule has 3 rings (SSSR count). The second-order valence-electron chi connectivity index (χ2n) is 6.42. The molecule has 0 bridgehead atoms. The van der Waals surface area contributed by atoms with Gasteiger partial charge >= 0.3 is 12.1 Å². The topological polar surface area (TPSA) is 68.3 Å². The molecule has 1 unspecified atom stereocenters. The number of esters is 1. The third kappa shape index (κ3) is 3.62. The van der Waals surface area contributed by atoms with Gasteiger partial charge in [0.1, 0.15) is 12.6 Å². The van der Waals surface area contributed by atoms with E-state index in [-0.39, 0.29) is 18.7 Å². The largest absolute Gasteiger partial charge is 0.468 e. The molecule has 7 heteroatoms. The first-order valence-corrected chi connectivity index (χ1v) is 8.58. The van der Waals surface area contributed by atoms with Gasteiger partial charge in [0.25, 0.3) is 0 Å². The Morgan fingerprint density at radius 1 is 1.24 bits per heavy atom. The minimum Gasteiger partial charge on any atom is -0.468 e. The van der Waals surface area contributed by atoms with E-state index in [2.05, 4.69) is 0 Å². The fraction of sp³-hybridized carbons (Fsp3) is 0.556. The predicted octanol–water partition coefficient (Wildman–Crippen LogP) is 2.31. The zero-order chi connectivity index (χ0) is 17.9. The van der Waals surface area contributed by atoms with Crippen LogP contribution in [0.15, 0.2) is 30.3 Å². The van der Waals surface area contributed by atoms with Crippen LogP contribution in [0.2, 0.25) is 0 Å². The summed E-state index contributed by atoms with van der Waals surface area (Å²) in [5.41, 5.74) is 0.230. The van der Waals surface area contributed by atoms with Crippen LogP contribution in [0.5, 0.6) is 0 Å². The van der Waals surface area contributed by atoms with E-state index in [1.807, 2.05) is 30.3 Å². The predicted molar refractivity (Wildman–Crippen MR) is 89.2 cm³/mol. The highest BCUT2D eigenvalue weighted by Gasteiger charge is 2.52. The van der Waals surface area contributed by atoms with Crippen molar-refractivity contribution in [3.63, 3.8) is 0 Å². The van der Waals surface area contributed by atoms with Crippen LogP contribution < -0.4 is 0 Å². The lowest BCUT2D eigenvalue weighted by molar-refractivity contribution is -0.246. The molecule has 1 spiro atoms. The van der Waals surface area contributed by atoms with Crippen molar-refractivity contribution in [2.45, 2.75) is 44.6 Å². The second kappa shape index (κ2) is 7.41. The molecule has 25 heavy (non-hydrogen) atoms. The van der Waals surface area contributed by atoms with Gasteiger partial charge in [0.15, 0.2) is 5.72 Å². The van der Waals surface area contributed by atoms with Crippen LogP contribution in [-0.2, 0) is 25.7 Å². The van der Waals surface area contributed by atoms with Crippen molar-refractivity contribution in [3.05, 3.63) is 35.9 Å². The number of nitrogens with zero attached hydrogens (tertiary/aromatic N) is 2. The summed E-state index contributed by atoms with van der Waals surface area (Å²) in [7, 11) is 1.35. The number of benzene rings is 1. The number of likely N-dealkylation sites (tertiary alicyclic amines) is 1. The zero-order valence-electron chi connectivity index (χ0n) is 14.6. The van der Waals surface area contributed by atoms with Crippen LogP contribution in [0.3, 0.4) is 0 Å². The summed E-state index contributed by atoms with van der Waals surface area (Å²) in [5, 5.41) is 1.61. The Balaban J connectivity index is 1.62. The number of methoxy groups -OCH3 is 1. The number of hydrogen-bond acceptors (Lipinski definition) is 6. The second-order valence-corrected chi connectivity index (χ2v) is 6.42. The van der Waals surface area contributed by atoms with Gasteiger partial charge in [-0.15, -0.1) is 0 Å². The first-order valence-electron chi connectivity index (χ1n) is 8.58. The Morgan fingerprint density at radius 2 is 2.00 bits per heavy atom. The standard InChI is InChI=1S/C18H24N2O5/c1-14(16(21)23-2)20-12-10-18(25-20)9-6-11-19(18)17(22)24-13-15-7-4-3-5-8-15/h3-5,7-8,14H,6,9-13H2,1-2H3/t14-,18?/m0/s1. The fourth-order valence-electron chi connectivity index (χ4n) is 3.42. The van der Waals surface area contributed by atoms with Crippen molar-refractivity contribution in [1.29, 1.82) is 0 Å². The minimum atomic E-state index is -0.712. The summed E-state index contributed by atoms with van der Waals surface area (Å²) in [4.78, 5) is 32.0. The van der Waals surface area contributed by atoms with E-state index in [4.69, 9.17) is 14.3 Å². The van der Waals surface area contributed by atoms with Crippen LogP contribution in [-0.4, -0.2) is 54.0 Å². The molecular weight excluding hydrogens is 324 g/mol. The number of rotatable bonds is 4. The van der Waals surface area contributed by atoms with Crippen molar-refractivity contribution in [2.75, 3.05) is 20.2 Å². The molecule has 1 amide bonds. The summed E-state index contributed by atoms with van der Waals surface area (Å²) in [6.07, 6.45) is 1.85. The summed E-state index contributed by atoms with van der Waals surface area (Å²) in [6, 6.07) is 9.06. The van der Waals surface area contributed by atoms with Crippen molar-refractivity contribution in [1.82, 2.24) is 9.96 Å². The fourth-order valence-corrected chi connectivity index (χ4v) is 3.42. The average molecular weight is 348 g/mol. The van der Waals surface area contributed by atoms with E-state index in [1.54, 1.807) is 16.9 Å². The molecule has 0 N–H and O–H groups in total. The SMILES string of the molecule is COC(=O)[C@H](C)N1CCC2(CCCN2C(=O)OCc2ccccc2)O1. The Hall–Kier alpha value is -2.12. The van der Waals surface area contributed by atoms with Crippen LogP contribution in [0.1, 0.15) is 31.7 Å². The summed E-state index contributed by atoms with van der Waals surface area (Å²) < 4.78 is 10.2. The molecule has 1 aromatic carbocycles. The van der Waals surface area contributed by atoms with Crippen molar-refractivity contribution >= 4 is 12.1 Å². The molecule has 2 aliphatic heterocycles. The number of amides is 1. The van der Waals surface area contributed by atoms with Crippen LogP contribution in [0, 0.1) is 0 Å². The molecule has 0 aliphatic carbocycles. The van der Waals surface area contributed by atoms with Crippen molar-refractivity contribution < 1.29 is 23.9 Å². The molecule has 2 aliphatic rings. The lowest BCUT2D eigenvalue weighted by atomic mass is 10.1. The van der Waals surface area contributed by atoms with Crippen LogP contribution in [0.4, 0.5) is 4.79 Å². The number of carbonyl (C=O) groups is 2. The Labute approximate surface area is 147 Å². The normalized spacial score (nSPS) is 24.5. The highest BCUT2D eigenvalue weighted by atomic mass is 16.7. The molecule has 0 radical (unpaired) electrons. The first-order chi connectivity index (χ1) is 12.1. The maximum atomic E-state index is 12.6.